The van der Waals surface area contributed by atoms with Crippen LogP contribution in [0.2, 0.25) is 0 Å². The number of nitrogens with one attached hydrogen (secondary N) is 2. The monoisotopic (exact) mass is 623 g/mol. The van der Waals surface area contributed by atoms with Gasteiger partial charge >= 0.3 is 0 Å². The summed E-state index contributed by atoms with van der Waals surface area (Å²) in [5, 5.41) is 39.4. The first-order valence-corrected chi connectivity index (χ1v) is 15.5. The number of halogens is 1. The molecule has 2 aromatic carbocycles. The van der Waals surface area contributed by atoms with Crippen LogP contribution in [0, 0.1) is 32.1 Å². The van der Waals surface area contributed by atoms with Gasteiger partial charge in [0.05, 0.1) is 18.2 Å². The average Bonchev–Trinajstić information content (AvgIpc) is 3.48. The lowest BCUT2D eigenvalue weighted by Gasteiger charge is -2.60. The van der Waals surface area contributed by atoms with Crippen LogP contribution in [-0.4, -0.2) is 82.3 Å². The van der Waals surface area contributed by atoms with Gasteiger partial charge < -0.3 is 30.3 Å². The van der Waals surface area contributed by atoms with E-state index < -0.39 is 24.0 Å². The maximum absolute atomic E-state index is 13.2. The van der Waals surface area contributed by atoms with Crippen molar-refractivity contribution >= 4 is 23.4 Å². The van der Waals surface area contributed by atoms with Crippen LogP contribution >= 0.6 is 11.6 Å². The minimum absolute atomic E-state index is 0.00620. The van der Waals surface area contributed by atoms with Gasteiger partial charge in [0.2, 0.25) is 18.6 Å². The summed E-state index contributed by atoms with van der Waals surface area (Å²) < 4.78 is 11.8. The van der Waals surface area contributed by atoms with Gasteiger partial charge in [-0.1, -0.05) is 6.07 Å². The molecule has 6 rings (SSSR count). The summed E-state index contributed by atoms with van der Waals surface area (Å²) in [6.45, 7) is 7.36. The molecular formula is C32H38ClN5O6. The van der Waals surface area contributed by atoms with Crippen molar-refractivity contribution in [3.05, 3.63) is 45.0 Å². The number of carbonyl (C=O) groups excluding carboxylic acids is 2. The molecule has 0 aliphatic carbocycles. The second kappa shape index (κ2) is 11.3. The van der Waals surface area contributed by atoms with Gasteiger partial charge in [0.1, 0.15) is 23.6 Å². The van der Waals surface area contributed by atoms with E-state index in [1.807, 2.05) is 20.9 Å². The Hall–Kier alpha value is -3.72. The molecule has 4 aliphatic heterocycles. The fourth-order valence-electron chi connectivity index (χ4n) is 7.72. The van der Waals surface area contributed by atoms with Gasteiger partial charge in [-0.25, -0.2) is 0 Å². The summed E-state index contributed by atoms with van der Waals surface area (Å²) in [7, 11) is 2.00. The molecule has 11 nitrogen and oxygen atoms in total. The number of hydrogen-bond acceptors (Lipinski definition) is 9. The first kappa shape index (κ1) is 30.3. The van der Waals surface area contributed by atoms with Crippen LogP contribution in [0.5, 0.6) is 23.0 Å². The number of likely N-dealkylation sites (N-methyl/N-ethyl adjacent to an activating group) is 1. The van der Waals surface area contributed by atoms with E-state index in [-0.39, 0.29) is 61.2 Å². The van der Waals surface area contributed by atoms with E-state index in [9.17, 15) is 25.1 Å². The topological polar surface area (TPSA) is 147 Å². The zero-order valence-corrected chi connectivity index (χ0v) is 26.3. The van der Waals surface area contributed by atoms with Crippen molar-refractivity contribution in [1.82, 2.24) is 20.4 Å². The standard InChI is InChI=1S/C32H38ClN5O6/c1-14-8-18-9-20-22(11-34)38-21(27(37(20)5)25(18)29(41)15(14)2)10-19-26(31-30(43-13-44-31)16(3)28(19)40)23(38)12-35-32(42)17(4)36-24(39)6-7-33/h8,17,20-23,27,40-41H,6-7,9-10,12-13H2,1-5H3,(H,35,42)(H,36,39)/t17-,20-,21?,22-,23-,27+/m0/s1. The number of aryl methyl sites for hydroxylation is 1. The molecule has 4 heterocycles. The van der Waals surface area contributed by atoms with E-state index in [2.05, 4.69) is 32.6 Å². The number of ether oxygens (including phenoxy) is 2. The van der Waals surface area contributed by atoms with E-state index in [0.29, 0.717) is 41.0 Å². The van der Waals surface area contributed by atoms with E-state index in [0.717, 1.165) is 22.3 Å². The van der Waals surface area contributed by atoms with Gasteiger partial charge in [0.25, 0.3) is 0 Å². The van der Waals surface area contributed by atoms with E-state index in [1.165, 1.54) is 0 Å². The summed E-state index contributed by atoms with van der Waals surface area (Å²) in [6.07, 6.45) is 1.06. The molecule has 1 unspecified atom stereocenters. The summed E-state index contributed by atoms with van der Waals surface area (Å²) in [6, 6.07) is 1.94. The summed E-state index contributed by atoms with van der Waals surface area (Å²) in [5.41, 5.74) is 5.62. The van der Waals surface area contributed by atoms with Gasteiger partial charge in [-0.15, -0.1) is 11.6 Å². The molecule has 12 heteroatoms. The minimum atomic E-state index is -0.810. The quantitative estimate of drug-likeness (QED) is 0.357. The normalized spacial score (nSPS) is 25.7. The largest absolute Gasteiger partial charge is 0.507 e. The SMILES string of the molecule is Cc1cc2c(c(O)c1C)[C@H]1C3Cc4c(O)c(C)c5c(c4[C@H](CNC(=O)[C@H](C)NC(=O)CCCl)N3[C@@H](C#N)[C@H](C2)N1C)OCO5. The molecule has 4 aliphatic rings. The number of aromatic hydroxyl groups is 2. The number of carbonyl (C=O) groups is 2. The lowest BCUT2D eigenvalue weighted by atomic mass is 9.71. The Morgan fingerprint density at radius 2 is 1.84 bits per heavy atom. The Morgan fingerprint density at radius 1 is 1.11 bits per heavy atom. The maximum Gasteiger partial charge on any atom is 0.242 e. The molecule has 2 amide bonds. The van der Waals surface area contributed by atoms with Crippen LogP contribution in [0.25, 0.3) is 0 Å². The van der Waals surface area contributed by atoms with Gasteiger partial charge in [0, 0.05) is 53.2 Å². The third-order valence-electron chi connectivity index (χ3n) is 10.0. The molecule has 4 N–H and O–H groups in total. The summed E-state index contributed by atoms with van der Waals surface area (Å²) in [5.74, 6) is 0.750. The Balaban J connectivity index is 1.47. The molecule has 6 atom stereocenters. The highest BCUT2D eigenvalue weighted by Gasteiger charge is 2.56. The van der Waals surface area contributed by atoms with Crippen molar-refractivity contribution in [2.24, 2.45) is 0 Å². The second-order valence-corrected chi connectivity index (χ2v) is 12.7. The number of benzene rings is 2. The molecule has 2 bridgehead atoms. The highest BCUT2D eigenvalue weighted by Crippen LogP contribution is 2.57. The highest BCUT2D eigenvalue weighted by molar-refractivity contribution is 6.19. The number of phenols is 2. The molecule has 2 aromatic rings. The molecule has 0 radical (unpaired) electrons. The number of nitriles is 1. The lowest BCUT2D eigenvalue weighted by molar-refractivity contribution is -0.129. The van der Waals surface area contributed by atoms with Gasteiger partial charge in [-0.2, -0.15) is 5.26 Å². The Kier molecular flexibility index (Phi) is 7.80. The molecule has 0 spiro atoms. The third-order valence-corrected chi connectivity index (χ3v) is 10.2. The molecule has 1 fully saturated rings. The number of phenolic OH excluding ortho intramolecular Hbond substituents is 2. The minimum Gasteiger partial charge on any atom is -0.507 e. The van der Waals surface area contributed by atoms with Crippen molar-refractivity contribution in [1.29, 1.82) is 5.26 Å². The molecular weight excluding hydrogens is 586 g/mol. The second-order valence-electron chi connectivity index (χ2n) is 12.3. The van der Waals surface area contributed by atoms with Crippen LogP contribution in [0.4, 0.5) is 0 Å². The fourth-order valence-corrected chi connectivity index (χ4v) is 7.89. The Bertz CT molecular complexity index is 1590. The van der Waals surface area contributed by atoms with Crippen molar-refractivity contribution in [2.45, 2.75) is 83.2 Å². The predicted octanol–water partition coefficient (Wildman–Crippen LogP) is 2.77. The van der Waals surface area contributed by atoms with Crippen LogP contribution < -0.4 is 20.1 Å². The first-order valence-electron chi connectivity index (χ1n) is 15.0. The van der Waals surface area contributed by atoms with Gasteiger partial charge in [-0.3, -0.25) is 19.4 Å². The van der Waals surface area contributed by atoms with Crippen LogP contribution in [0.15, 0.2) is 6.07 Å². The lowest BCUT2D eigenvalue weighted by Crippen LogP contribution is -2.69. The Morgan fingerprint density at radius 3 is 2.55 bits per heavy atom. The summed E-state index contributed by atoms with van der Waals surface area (Å²) in [4.78, 5) is 29.7. The van der Waals surface area contributed by atoms with E-state index in [1.54, 1.807) is 13.8 Å². The van der Waals surface area contributed by atoms with Crippen LogP contribution in [0.3, 0.4) is 0 Å². The van der Waals surface area contributed by atoms with Gasteiger partial charge in [-0.05, 0) is 64.3 Å². The number of rotatable bonds is 6. The van der Waals surface area contributed by atoms with E-state index >= 15 is 0 Å². The average molecular weight is 624 g/mol. The Labute approximate surface area is 261 Å². The molecule has 0 saturated carbocycles. The maximum atomic E-state index is 13.2. The number of amides is 2. The smallest absolute Gasteiger partial charge is 0.242 e. The first-order chi connectivity index (χ1) is 21.0. The number of fused-ring (bicyclic) bond motifs is 9. The predicted molar refractivity (Wildman–Crippen MR) is 162 cm³/mol. The van der Waals surface area contributed by atoms with Crippen molar-refractivity contribution < 1.29 is 29.3 Å². The fraction of sp³-hybridized carbons (Fsp3) is 0.531. The molecule has 0 aromatic heterocycles. The number of piperazine rings is 1. The molecule has 1 saturated heterocycles. The van der Waals surface area contributed by atoms with Crippen LogP contribution in [0.1, 0.15) is 64.4 Å². The van der Waals surface area contributed by atoms with Crippen LogP contribution in [-0.2, 0) is 22.4 Å². The highest BCUT2D eigenvalue weighted by atomic mass is 35.5. The van der Waals surface area contributed by atoms with Crippen molar-refractivity contribution in [2.75, 3.05) is 26.3 Å². The van der Waals surface area contributed by atoms with Crippen molar-refractivity contribution in [3.63, 3.8) is 0 Å². The van der Waals surface area contributed by atoms with E-state index in [4.69, 9.17) is 21.1 Å². The summed E-state index contributed by atoms with van der Waals surface area (Å²) >= 11 is 5.69. The zero-order chi connectivity index (χ0) is 31.6. The number of hydrogen-bond donors (Lipinski definition) is 4. The zero-order valence-electron chi connectivity index (χ0n) is 25.5. The third kappa shape index (κ3) is 4.54. The number of nitrogens with zero attached hydrogens (tertiary/aromatic N) is 3. The molecule has 234 valence electrons. The number of alkyl halides is 1. The van der Waals surface area contributed by atoms with Crippen molar-refractivity contribution in [3.8, 4) is 29.1 Å². The van der Waals surface area contributed by atoms with Gasteiger partial charge in [0.15, 0.2) is 11.5 Å². The molecule has 44 heavy (non-hydrogen) atoms.